The zero-order valence-corrected chi connectivity index (χ0v) is 12.8. The van der Waals surface area contributed by atoms with Gasteiger partial charge in [0.25, 0.3) is 0 Å². The fourth-order valence-corrected chi connectivity index (χ4v) is 0.657. The molecule has 1 atom stereocenters. The van der Waals surface area contributed by atoms with Crippen LogP contribution in [0.1, 0.15) is 12.8 Å². The van der Waals surface area contributed by atoms with Crippen LogP contribution in [0.2, 0.25) is 0 Å². The van der Waals surface area contributed by atoms with E-state index in [1.54, 1.807) is 0 Å². The molecule has 13 heavy (non-hydrogen) atoms. The quantitative estimate of drug-likeness (QED) is 0.322. The van der Waals surface area contributed by atoms with Crippen molar-refractivity contribution in [1.82, 2.24) is 5.32 Å². The van der Waals surface area contributed by atoms with E-state index in [4.69, 9.17) is 16.6 Å². The van der Waals surface area contributed by atoms with Gasteiger partial charge in [-0.1, -0.05) is 0 Å². The number of carboxylic acid groups (broad SMARTS) is 1. The first-order valence-electron chi connectivity index (χ1n) is 3.55. The second-order valence-corrected chi connectivity index (χ2v) is 2.38. The van der Waals surface area contributed by atoms with Crippen molar-refractivity contribution in [2.45, 2.75) is 18.9 Å². The molecule has 0 saturated heterocycles. The van der Waals surface area contributed by atoms with Crippen molar-refractivity contribution in [3.05, 3.63) is 0 Å². The van der Waals surface area contributed by atoms with Gasteiger partial charge >= 0.3 is 39.3 Å². The van der Waals surface area contributed by atoms with E-state index < -0.39 is 18.0 Å². The molecule has 0 heterocycles. The minimum atomic E-state index is -1.03. The topological polar surface area (TPSA) is 118 Å². The molecule has 2 amide bonds. The molecule has 0 aliphatic rings. The van der Waals surface area contributed by atoms with Gasteiger partial charge in [-0.15, -0.1) is 0 Å². The average molecular weight is 384 g/mol. The predicted octanol–water partition coefficient (Wildman–Crippen LogP) is -2.07. The van der Waals surface area contributed by atoms with E-state index in [0.717, 1.165) is 0 Å². The van der Waals surface area contributed by atoms with Crippen LogP contribution >= 0.6 is 0 Å². The van der Waals surface area contributed by atoms with E-state index in [1.807, 2.05) is 0 Å². The summed E-state index contributed by atoms with van der Waals surface area (Å²) in [7, 11) is 0. The van der Waals surface area contributed by atoms with Gasteiger partial charge in [-0.2, -0.15) is 0 Å². The summed E-state index contributed by atoms with van der Waals surface area (Å²) in [5.74, 6) is -1.03. The summed E-state index contributed by atoms with van der Waals surface area (Å²) in [5.41, 5.74) is 9.96. The van der Waals surface area contributed by atoms with Crippen molar-refractivity contribution >= 4 is 39.3 Å². The van der Waals surface area contributed by atoms with E-state index in [-0.39, 0.29) is 27.3 Å². The van der Waals surface area contributed by atoms with Crippen LogP contribution in [0.5, 0.6) is 0 Å². The maximum absolute atomic E-state index is 10.2. The van der Waals surface area contributed by atoms with Crippen LogP contribution in [-0.4, -0.2) is 57.0 Å². The number of aliphatic carboxylic acids is 1. The number of carbonyl (C=O) groups is 2. The van der Waals surface area contributed by atoms with E-state index in [9.17, 15) is 9.59 Å². The summed E-state index contributed by atoms with van der Waals surface area (Å²) < 4.78 is 0. The van der Waals surface area contributed by atoms with Crippen molar-refractivity contribution < 1.29 is 14.7 Å². The SMILES string of the molecule is NC(=O)NCCCC(N)C(=O)O.[PbH2]. The fourth-order valence-electron chi connectivity index (χ4n) is 0.657. The molecular weight excluding hydrogens is 369 g/mol. The summed E-state index contributed by atoms with van der Waals surface area (Å²) >= 11 is 0. The molecule has 0 fully saturated rings. The zero-order chi connectivity index (χ0) is 9.56. The number of amides is 2. The molecule has 0 spiro atoms. The van der Waals surface area contributed by atoms with Gasteiger partial charge in [-0.3, -0.25) is 4.79 Å². The standard InChI is InChI=1S/C6H13N3O3.Pb.2H/c7-4(5(10)11)2-1-3-9-6(8)12;;;/h4H,1-3,7H2,(H,10,11)(H3,8,9,12);;;. The van der Waals surface area contributed by atoms with Crippen molar-refractivity contribution in [3.8, 4) is 0 Å². The molecule has 2 radical (unpaired) electrons. The van der Waals surface area contributed by atoms with Crippen molar-refractivity contribution in [1.29, 1.82) is 0 Å². The van der Waals surface area contributed by atoms with E-state index in [2.05, 4.69) is 5.32 Å². The number of rotatable bonds is 5. The Morgan fingerprint density at radius 1 is 1.46 bits per heavy atom. The van der Waals surface area contributed by atoms with Gasteiger partial charge in [0, 0.05) is 6.54 Å². The van der Waals surface area contributed by atoms with Crippen LogP contribution in [0.25, 0.3) is 0 Å². The predicted molar refractivity (Wildman–Crippen MR) is 51.0 cm³/mol. The molecular formula is C6H15N3O3Pb. The number of nitrogens with two attached hydrogens (primary N) is 2. The third-order valence-corrected chi connectivity index (χ3v) is 1.31. The molecule has 0 aliphatic carbocycles. The Balaban J connectivity index is 0. The molecule has 0 saturated carbocycles. The molecule has 0 aliphatic heterocycles. The third-order valence-electron chi connectivity index (χ3n) is 1.31. The van der Waals surface area contributed by atoms with Crippen LogP contribution in [0.3, 0.4) is 0 Å². The van der Waals surface area contributed by atoms with E-state index in [1.165, 1.54) is 0 Å². The molecule has 0 rings (SSSR count). The molecule has 7 heteroatoms. The van der Waals surface area contributed by atoms with Crippen molar-refractivity contribution in [3.63, 3.8) is 0 Å². The first-order chi connectivity index (χ1) is 5.54. The first kappa shape index (κ1) is 15.1. The number of carboxylic acids is 1. The molecule has 0 bridgehead atoms. The fraction of sp³-hybridized carbons (Fsp3) is 0.667. The van der Waals surface area contributed by atoms with Crippen molar-refractivity contribution in [2.24, 2.45) is 11.5 Å². The number of nitrogens with one attached hydrogen (secondary N) is 1. The zero-order valence-electron chi connectivity index (χ0n) is 7.32. The van der Waals surface area contributed by atoms with Gasteiger partial charge < -0.3 is 21.9 Å². The number of hydrogen-bond acceptors (Lipinski definition) is 3. The molecule has 0 aromatic heterocycles. The number of urea groups is 1. The summed E-state index contributed by atoms with van der Waals surface area (Å²) in [6.07, 6.45) is 0.839. The van der Waals surface area contributed by atoms with Crippen LogP contribution in [0.4, 0.5) is 4.79 Å². The van der Waals surface area contributed by atoms with Crippen molar-refractivity contribution in [2.75, 3.05) is 6.54 Å². The Bertz CT molecular complexity index is 177. The molecule has 0 aromatic carbocycles. The van der Waals surface area contributed by atoms with Gasteiger partial charge in [-0.05, 0) is 12.8 Å². The monoisotopic (exact) mass is 385 g/mol. The molecule has 6 N–H and O–H groups in total. The molecule has 1 unspecified atom stereocenters. The Kier molecular flexibility index (Phi) is 9.57. The molecule has 0 aromatic rings. The number of carbonyl (C=O) groups excluding carboxylic acids is 1. The van der Waals surface area contributed by atoms with Crippen LogP contribution in [0.15, 0.2) is 0 Å². The van der Waals surface area contributed by atoms with Crippen LogP contribution < -0.4 is 16.8 Å². The number of hydrogen-bond donors (Lipinski definition) is 4. The van der Waals surface area contributed by atoms with E-state index in [0.29, 0.717) is 19.4 Å². The third kappa shape index (κ3) is 9.54. The second kappa shape index (κ2) is 8.23. The maximum atomic E-state index is 10.2. The van der Waals surface area contributed by atoms with Gasteiger partial charge in [-0.25, -0.2) is 4.79 Å². The first-order valence-corrected chi connectivity index (χ1v) is 3.55. The Morgan fingerprint density at radius 2 is 2.00 bits per heavy atom. The summed E-state index contributed by atoms with van der Waals surface area (Å²) in [6.45, 7) is 0.357. The van der Waals surface area contributed by atoms with Gasteiger partial charge in [0.2, 0.25) is 0 Å². The Labute approximate surface area is 96.2 Å². The van der Waals surface area contributed by atoms with Gasteiger partial charge in [0.05, 0.1) is 0 Å². The minimum absolute atomic E-state index is 0. The Morgan fingerprint density at radius 3 is 2.38 bits per heavy atom. The van der Waals surface area contributed by atoms with Gasteiger partial charge in [0.1, 0.15) is 6.04 Å². The van der Waals surface area contributed by atoms with Crippen LogP contribution in [0, 0.1) is 0 Å². The van der Waals surface area contributed by atoms with E-state index >= 15 is 0 Å². The molecule has 76 valence electrons. The molecule has 6 nitrogen and oxygen atoms in total. The van der Waals surface area contributed by atoms with Crippen LogP contribution in [-0.2, 0) is 4.79 Å². The normalized spacial score (nSPS) is 11.2. The summed E-state index contributed by atoms with van der Waals surface area (Å²) in [4.78, 5) is 20.3. The summed E-state index contributed by atoms with van der Waals surface area (Å²) in [6, 6.07) is -1.47. The average Bonchev–Trinajstić information content (AvgIpc) is 1.97. The Hall–Kier alpha value is -0.378. The summed E-state index contributed by atoms with van der Waals surface area (Å²) in [5, 5.41) is 10.7. The second-order valence-electron chi connectivity index (χ2n) is 2.38. The number of primary amides is 1. The van der Waals surface area contributed by atoms with Gasteiger partial charge in [0.15, 0.2) is 0 Å².